The van der Waals surface area contributed by atoms with Gasteiger partial charge in [-0.05, 0) is 37.1 Å². The van der Waals surface area contributed by atoms with Crippen LogP contribution in [0.1, 0.15) is 29.7 Å². The lowest BCUT2D eigenvalue weighted by molar-refractivity contribution is 0.865. The molecule has 6 nitrogen and oxygen atoms in total. The first-order chi connectivity index (χ1) is 12.6. The number of fused-ring (bicyclic) bond motifs is 3. The van der Waals surface area contributed by atoms with Crippen LogP contribution in [0.15, 0.2) is 42.9 Å². The van der Waals surface area contributed by atoms with Crippen LogP contribution in [0.4, 0.5) is 5.82 Å². The van der Waals surface area contributed by atoms with Gasteiger partial charge in [-0.25, -0.2) is 9.97 Å². The molecule has 3 heterocycles. The Bertz CT molecular complexity index is 1170. The first kappa shape index (κ1) is 16.3. The number of hydrogen-bond donors (Lipinski definition) is 1. The molecule has 0 aliphatic rings. The molecular weight excluding hydrogens is 348 g/mol. The highest BCUT2D eigenvalue weighted by atomic mass is 35.5. The summed E-state index contributed by atoms with van der Waals surface area (Å²) >= 11 is 6.11. The van der Waals surface area contributed by atoms with Crippen molar-refractivity contribution in [2.45, 2.75) is 19.9 Å². The molecule has 0 unspecified atom stereocenters. The van der Waals surface area contributed by atoms with Gasteiger partial charge in [-0.2, -0.15) is 10.2 Å². The third-order valence-corrected chi connectivity index (χ3v) is 4.72. The van der Waals surface area contributed by atoms with Gasteiger partial charge >= 0.3 is 0 Å². The molecule has 4 aromatic rings. The van der Waals surface area contributed by atoms with E-state index in [1.807, 2.05) is 42.6 Å². The average molecular weight is 363 g/mol. The summed E-state index contributed by atoms with van der Waals surface area (Å²) in [4.78, 5) is 13.1. The van der Waals surface area contributed by atoms with Gasteiger partial charge in [-0.15, -0.1) is 0 Å². The Hall–Kier alpha value is -3.17. The van der Waals surface area contributed by atoms with Crippen molar-refractivity contribution in [3.05, 3.63) is 64.7 Å². The molecule has 0 saturated heterocycles. The monoisotopic (exact) mass is 362 g/mol. The topological polar surface area (TPSA) is 78.9 Å². The largest absolute Gasteiger partial charge is 0.363 e. The molecule has 1 atom stereocenters. The zero-order chi connectivity index (χ0) is 18.3. The maximum Gasteiger partial charge on any atom is 0.236 e. The Morgan fingerprint density at radius 1 is 1.31 bits per heavy atom. The molecular formula is C19H15ClN6. The Labute approximate surface area is 155 Å². The highest BCUT2D eigenvalue weighted by Gasteiger charge is 2.15. The van der Waals surface area contributed by atoms with Gasteiger partial charge in [-0.3, -0.25) is 4.40 Å². The number of anilines is 1. The highest BCUT2D eigenvalue weighted by Crippen LogP contribution is 2.29. The molecule has 0 aliphatic heterocycles. The van der Waals surface area contributed by atoms with Crippen LogP contribution >= 0.6 is 11.6 Å². The molecule has 0 radical (unpaired) electrons. The Morgan fingerprint density at radius 2 is 2.15 bits per heavy atom. The summed E-state index contributed by atoms with van der Waals surface area (Å²) < 4.78 is 1.87. The molecule has 4 rings (SSSR count). The van der Waals surface area contributed by atoms with Crippen LogP contribution in [0, 0.1) is 18.3 Å². The second kappa shape index (κ2) is 6.28. The van der Waals surface area contributed by atoms with Crippen LogP contribution < -0.4 is 5.32 Å². The molecule has 26 heavy (non-hydrogen) atoms. The Kier molecular flexibility index (Phi) is 3.94. The molecule has 0 fully saturated rings. The lowest BCUT2D eigenvalue weighted by atomic mass is 9.98. The summed E-state index contributed by atoms with van der Waals surface area (Å²) in [6.45, 7) is 3.99. The SMILES string of the molecule is Cc1c(C#N)cccc1[C@@H](C)Nc1nc2nccn2c2cnc(Cl)cc12. The van der Waals surface area contributed by atoms with Crippen molar-refractivity contribution in [3.63, 3.8) is 0 Å². The maximum atomic E-state index is 9.27. The molecule has 0 saturated carbocycles. The van der Waals surface area contributed by atoms with E-state index in [2.05, 4.69) is 26.3 Å². The second-order valence-electron chi connectivity index (χ2n) is 6.08. The zero-order valence-corrected chi connectivity index (χ0v) is 15.0. The molecule has 128 valence electrons. The van der Waals surface area contributed by atoms with Crippen molar-refractivity contribution in [2.75, 3.05) is 5.32 Å². The maximum absolute atomic E-state index is 9.27. The quantitative estimate of drug-likeness (QED) is 0.550. The van der Waals surface area contributed by atoms with Crippen molar-refractivity contribution in [3.8, 4) is 6.07 Å². The Balaban J connectivity index is 1.84. The van der Waals surface area contributed by atoms with Gasteiger partial charge in [0.2, 0.25) is 5.78 Å². The van der Waals surface area contributed by atoms with Crippen LogP contribution in [0.2, 0.25) is 5.15 Å². The molecule has 0 spiro atoms. The van der Waals surface area contributed by atoms with E-state index in [1.165, 1.54) is 0 Å². The minimum absolute atomic E-state index is 0.0525. The number of halogens is 1. The Morgan fingerprint density at radius 3 is 2.96 bits per heavy atom. The first-order valence-electron chi connectivity index (χ1n) is 8.13. The first-order valence-corrected chi connectivity index (χ1v) is 8.50. The van der Waals surface area contributed by atoms with Crippen LogP contribution in [-0.2, 0) is 0 Å². The summed E-state index contributed by atoms with van der Waals surface area (Å²) in [5.74, 6) is 1.26. The molecule has 7 heteroatoms. The fourth-order valence-electron chi connectivity index (χ4n) is 3.17. The third kappa shape index (κ3) is 2.63. The van der Waals surface area contributed by atoms with Crippen molar-refractivity contribution >= 4 is 34.1 Å². The molecule has 1 N–H and O–H groups in total. The minimum Gasteiger partial charge on any atom is -0.363 e. The normalized spacial score (nSPS) is 12.2. The number of aromatic nitrogens is 4. The van der Waals surface area contributed by atoms with Crippen LogP contribution in [0.5, 0.6) is 0 Å². The van der Waals surface area contributed by atoms with Crippen molar-refractivity contribution in [1.29, 1.82) is 5.26 Å². The van der Waals surface area contributed by atoms with Gasteiger partial charge in [0.1, 0.15) is 11.0 Å². The van der Waals surface area contributed by atoms with E-state index in [0.717, 1.165) is 22.0 Å². The van der Waals surface area contributed by atoms with Gasteiger partial charge in [0.15, 0.2) is 0 Å². The van der Waals surface area contributed by atoms with Gasteiger partial charge in [0, 0.05) is 17.8 Å². The number of imidazole rings is 1. The number of pyridine rings is 1. The number of benzene rings is 1. The van der Waals surface area contributed by atoms with E-state index in [1.54, 1.807) is 18.5 Å². The van der Waals surface area contributed by atoms with Crippen molar-refractivity contribution in [2.24, 2.45) is 0 Å². The average Bonchev–Trinajstić information content (AvgIpc) is 3.10. The molecule has 0 bridgehead atoms. The summed E-state index contributed by atoms with van der Waals surface area (Å²) in [6, 6.07) is 9.69. The minimum atomic E-state index is -0.0525. The second-order valence-corrected chi connectivity index (χ2v) is 6.47. The van der Waals surface area contributed by atoms with Crippen molar-refractivity contribution < 1.29 is 0 Å². The smallest absolute Gasteiger partial charge is 0.236 e. The molecule has 3 aromatic heterocycles. The third-order valence-electron chi connectivity index (χ3n) is 4.51. The zero-order valence-electron chi connectivity index (χ0n) is 14.2. The molecule has 0 aliphatic carbocycles. The summed E-state index contributed by atoms with van der Waals surface area (Å²) in [5.41, 5.74) is 3.54. The number of rotatable bonds is 3. The predicted octanol–water partition coefficient (Wildman–Crippen LogP) is 4.28. The van der Waals surface area contributed by atoms with Gasteiger partial charge in [0.25, 0.3) is 0 Å². The number of nitrogens with one attached hydrogen (secondary N) is 1. The fourth-order valence-corrected chi connectivity index (χ4v) is 3.33. The lowest BCUT2D eigenvalue weighted by Crippen LogP contribution is -2.11. The van der Waals surface area contributed by atoms with Crippen LogP contribution in [-0.4, -0.2) is 19.4 Å². The lowest BCUT2D eigenvalue weighted by Gasteiger charge is -2.19. The van der Waals surface area contributed by atoms with Crippen molar-refractivity contribution in [1.82, 2.24) is 19.4 Å². The van der Waals surface area contributed by atoms with Gasteiger partial charge in [0.05, 0.1) is 29.4 Å². The van der Waals surface area contributed by atoms with E-state index in [-0.39, 0.29) is 6.04 Å². The van der Waals surface area contributed by atoms with E-state index in [0.29, 0.717) is 22.3 Å². The van der Waals surface area contributed by atoms with E-state index in [9.17, 15) is 5.26 Å². The van der Waals surface area contributed by atoms with E-state index >= 15 is 0 Å². The standard InChI is InChI=1S/C19H15ClN6/c1-11-13(9-21)4-3-5-14(11)12(2)24-18-15-8-17(20)23-10-16(15)26-7-6-22-19(26)25-18/h3-8,10,12H,1-2H3,(H,22,24,25)/t12-/m1/s1. The predicted molar refractivity (Wildman–Crippen MR) is 101 cm³/mol. The van der Waals surface area contributed by atoms with Crippen LogP contribution in [0.3, 0.4) is 0 Å². The van der Waals surface area contributed by atoms with E-state index in [4.69, 9.17) is 11.6 Å². The summed E-state index contributed by atoms with van der Waals surface area (Å²) in [6.07, 6.45) is 5.25. The molecule has 1 aromatic carbocycles. The summed E-state index contributed by atoms with van der Waals surface area (Å²) in [7, 11) is 0. The van der Waals surface area contributed by atoms with Gasteiger partial charge < -0.3 is 5.32 Å². The van der Waals surface area contributed by atoms with Gasteiger partial charge in [-0.1, -0.05) is 23.7 Å². The number of nitrogens with zero attached hydrogens (tertiary/aromatic N) is 5. The fraction of sp³-hybridized carbons (Fsp3) is 0.158. The number of nitriles is 1. The molecule has 0 amide bonds. The van der Waals surface area contributed by atoms with E-state index < -0.39 is 0 Å². The summed E-state index contributed by atoms with van der Waals surface area (Å²) in [5, 5.41) is 14.0. The van der Waals surface area contributed by atoms with Crippen LogP contribution in [0.25, 0.3) is 16.7 Å². The highest BCUT2D eigenvalue weighted by molar-refractivity contribution is 6.30. The number of hydrogen-bond acceptors (Lipinski definition) is 5.